The van der Waals surface area contributed by atoms with Crippen LogP contribution in [0, 0.1) is 0 Å². The first-order valence-electron chi connectivity index (χ1n) is 6.99. The number of aromatic nitrogens is 2. The summed E-state index contributed by atoms with van der Waals surface area (Å²) in [6, 6.07) is 6.58. The molecule has 120 valence electrons. The lowest BCUT2D eigenvalue weighted by atomic mass is 10.0. The van der Waals surface area contributed by atoms with Gasteiger partial charge in [0, 0.05) is 41.4 Å². The van der Waals surface area contributed by atoms with E-state index in [9.17, 15) is 14.7 Å². The number of hydrogen-bond acceptors (Lipinski definition) is 4. The summed E-state index contributed by atoms with van der Waals surface area (Å²) in [5, 5.41) is 26.2. The third-order valence-corrected chi connectivity index (χ3v) is 4.23. The molecule has 3 N–H and O–H groups in total. The fourth-order valence-electron chi connectivity index (χ4n) is 2.66. The number of nitrogens with one attached hydrogen (secondary N) is 1. The molecule has 0 saturated heterocycles. The van der Waals surface area contributed by atoms with Crippen molar-refractivity contribution >= 4 is 23.5 Å². The number of H-pyrrole nitrogens is 1. The Kier molecular flexibility index (Phi) is 4.06. The highest BCUT2D eigenvalue weighted by Crippen LogP contribution is 2.27. The minimum atomic E-state index is -1.38. The smallest absolute Gasteiger partial charge is 0.356 e. The number of carboxylic acids is 1. The molecule has 0 fully saturated rings. The summed E-state index contributed by atoms with van der Waals surface area (Å²) in [6.07, 6.45) is -0.929. The molecule has 23 heavy (non-hydrogen) atoms. The number of amides is 1. The Morgan fingerprint density at radius 3 is 2.78 bits per heavy atom. The van der Waals surface area contributed by atoms with Gasteiger partial charge in [-0.15, -0.1) is 0 Å². The van der Waals surface area contributed by atoms with E-state index in [1.165, 1.54) is 4.90 Å². The second kappa shape index (κ2) is 6.02. The predicted molar refractivity (Wildman–Crippen MR) is 81.1 cm³/mol. The summed E-state index contributed by atoms with van der Waals surface area (Å²) in [5.41, 5.74) is 1.42. The molecule has 0 spiro atoms. The van der Waals surface area contributed by atoms with E-state index in [-0.39, 0.29) is 12.2 Å². The van der Waals surface area contributed by atoms with Gasteiger partial charge >= 0.3 is 5.97 Å². The molecular weight excluding hydrogens is 322 g/mol. The van der Waals surface area contributed by atoms with Crippen molar-refractivity contribution in [3.8, 4) is 0 Å². The van der Waals surface area contributed by atoms with Gasteiger partial charge in [-0.3, -0.25) is 9.89 Å². The maximum absolute atomic E-state index is 12.5. The van der Waals surface area contributed by atoms with Crippen LogP contribution in [-0.4, -0.2) is 43.7 Å². The van der Waals surface area contributed by atoms with Gasteiger partial charge in [-0.2, -0.15) is 5.10 Å². The number of carbonyl (C=O) groups excluding carboxylic acids is 1. The van der Waals surface area contributed by atoms with E-state index in [0.29, 0.717) is 34.8 Å². The molecule has 1 aliphatic rings. The van der Waals surface area contributed by atoms with Crippen LogP contribution in [0.15, 0.2) is 24.3 Å². The van der Waals surface area contributed by atoms with Crippen molar-refractivity contribution in [2.75, 3.05) is 6.54 Å². The highest BCUT2D eigenvalue weighted by Gasteiger charge is 2.31. The van der Waals surface area contributed by atoms with Crippen LogP contribution in [0.5, 0.6) is 0 Å². The number of aliphatic hydroxyl groups is 1. The van der Waals surface area contributed by atoms with E-state index in [0.717, 1.165) is 0 Å². The second-order valence-corrected chi connectivity index (χ2v) is 5.68. The molecule has 1 aromatic carbocycles. The van der Waals surface area contributed by atoms with Gasteiger partial charge in [0.25, 0.3) is 5.91 Å². The Hall–Kier alpha value is -2.38. The van der Waals surface area contributed by atoms with E-state index in [1.54, 1.807) is 24.3 Å². The number of nitrogens with zero attached hydrogens (tertiary/aromatic N) is 2. The van der Waals surface area contributed by atoms with E-state index in [4.69, 9.17) is 16.7 Å². The lowest BCUT2D eigenvalue weighted by Gasteiger charge is -2.29. The summed E-state index contributed by atoms with van der Waals surface area (Å²) in [7, 11) is 0. The number of carboxylic acid groups (broad SMARTS) is 1. The van der Waals surface area contributed by atoms with Gasteiger partial charge in [0.05, 0.1) is 0 Å². The summed E-state index contributed by atoms with van der Waals surface area (Å²) < 4.78 is 0. The molecule has 0 radical (unpaired) electrons. The topological polar surface area (TPSA) is 107 Å². The number of hydrogen-bond donors (Lipinski definition) is 3. The standard InChI is InChI=1S/C15H14ClN3O4/c16-10-4-2-1-3-8(10)13(20)14(21)19-6-5-11-9(7-19)12(15(22)23)18-17-11/h1-4,13,20H,5-7H2,(H,17,18)(H,22,23). The number of aromatic carboxylic acids is 1. The number of halogens is 1. The summed E-state index contributed by atoms with van der Waals surface area (Å²) in [5.74, 6) is -1.66. The lowest BCUT2D eigenvalue weighted by molar-refractivity contribution is -0.141. The number of aliphatic hydroxyl groups excluding tert-OH is 1. The van der Waals surface area contributed by atoms with Gasteiger partial charge in [0.1, 0.15) is 0 Å². The molecule has 1 amide bonds. The third-order valence-electron chi connectivity index (χ3n) is 3.88. The van der Waals surface area contributed by atoms with Crippen LogP contribution in [-0.2, 0) is 17.8 Å². The van der Waals surface area contributed by atoms with Gasteiger partial charge in [-0.05, 0) is 6.07 Å². The maximum atomic E-state index is 12.5. The minimum absolute atomic E-state index is 0.0911. The van der Waals surface area contributed by atoms with Gasteiger partial charge in [-0.25, -0.2) is 4.79 Å². The van der Waals surface area contributed by atoms with Crippen molar-refractivity contribution in [1.29, 1.82) is 0 Å². The van der Waals surface area contributed by atoms with Crippen LogP contribution >= 0.6 is 11.6 Å². The molecule has 1 aliphatic heterocycles. The van der Waals surface area contributed by atoms with Crippen molar-refractivity contribution in [3.05, 3.63) is 51.8 Å². The zero-order valence-corrected chi connectivity index (χ0v) is 12.7. The second-order valence-electron chi connectivity index (χ2n) is 5.27. The van der Waals surface area contributed by atoms with E-state index in [1.807, 2.05) is 0 Å². The molecule has 2 aromatic rings. The molecule has 1 aromatic heterocycles. The molecule has 1 unspecified atom stereocenters. The maximum Gasteiger partial charge on any atom is 0.356 e. The third kappa shape index (κ3) is 2.80. The Bertz CT molecular complexity index is 774. The van der Waals surface area contributed by atoms with Crippen molar-refractivity contribution in [3.63, 3.8) is 0 Å². The normalized spacial score (nSPS) is 15.1. The Morgan fingerprint density at radius 1 is 1.35 bits per heavy atom. The minimum Gasteiger partial charge on any atom is -0.476 e. The van der Waals surface area contributed by atoms with Crippen LogP contribution in [0.3, 0.4) is 0 Å². The fraction of sp³-hybridized carbons (Fsp3) is 0.267. The molecule has 3 rings (SSSR count). The largest absolute Gasteiger partial charge is 0.476 e. The van der Waals surface area contributed by atoms with E-state index >= 15 is 0 Å². The zero-order valence-electron chi connectivity index (χ0n) is 12.0. The van der Waals surface area contributed by atoms with Gasteiger partial charge in [-0.1, -0.05) is 29.8 Å². The number of aromatic amines is 1. The van der Waals surface area contributed by atoms with Gasteiger partial charge < -0.3 is 15.1 Å². The first kappa shape index (κ1) is 15.5. The van der Waals surface area contributed by atoms with Crippen LogP contribution in [0.1, 0.15) is 33.4 Å². The molecule has 1 atom stereocenters. The number of fused-ring (bicyclic) bond motifs is 1. The number of benzene rings is 1. The Balaban J connectivity index is 1.83. The molecule has 7 nitrogen and oxygen atoms in total. The highest BCUT2D eigenvalue weighted by atomic mass is 35.5. The van der Waals surface area contributed by atoms with Crippen molar-refractivity contribution in [2.45, 2.75) is 19.1 Å². The summed E-state index contributed by atoms with van der Waals surface area (Å²) in [6.45, 7) is 0.461. The Morgan fingerprint density at radius 2 is 2.09 bits per heavy atom. The number of rotatable bonds is 3. The Labute approximate surface area is 136 Å². The van der Waals surface area contributed by atoms with Crippen LogP contribution in [0.4, 0.5) is 0 Å². The van der Waals surface area contributed by atoms with Crippen LogP contribution in [0.25, 0.3) is 0 Å². The van der Waals surface area contributed by atoms with Crippen molar-refractivity contribution < 1.29 is 19.8 Å². The van der Waals surface area contributed by atoms with Crippen LogP contribution in [0.2, 0.25) is 5.02 Å². The average Bonchev–Trinajstić information content (AvgIpc) is 2.97. The van der Waals surface area contributed by atoms with E-state index < -0.39 is 18.0 Å². The highest BCUT2D eigenvalue weighted by molar-refractivity contribution is 6.31. The monoisotopic (exact) mass is 335 g/mol. The SMILES string of the molecule is O=C(O)c1n[nH]c2c1CN(C(=O)C(O)c1ccccc1Cl)CC2. The summed E-state index contributed by atoms with van der Waals surface area (Å²) in [4.78, 5) is 25.1. The van der Waals surface area contributed by atoms with Gasteiger partial charge in [0.2, 0.25) is 0 Å². The first-order chi connectivity index (χ1) is 11.0. The molecule has 0 saturated carbocycles. The lowest BCUT2D eigenvalue weighted by Crippen LogP contribution is -2.39. The first-order valence-corrected chi connectivity index (χ1v) is 7.37. The van der Waals surface area contributed by atoms with Gasteiger partial charge in [0.15, 0.2) is 11.8 Å². The predicted octanol–water partition coefficient (Wildman–Crippen LogP) is 1.38. The fourth-order valence-corrected chi connectivity index (χ4v) is 2.90. The molecule has 8 heteroatoms. The summed E-state index contributed by atoms with van der Waals surface area (Å²) >= 11 is 6.01. The van der Waals surface area contributed by atoms with Crippen molar-refractivity contribution in [2.24, 2.45) is 0 Å². The molecule has 2 heterocycles. The van der Waals surface area contributed by atoms with E-state index in [2.05, 4.69) is 10.2 Å². The molecule has 0 aliphatic carbocycles. The van der Waals surface area contributed by atoms with Crippen molar-refractivity contribution in [1.82, 2.24) is 15.1 Å². The zero-order chi connectivity index (χ0) is 16.6. The quantitative estimate of drug-likeness (QED) is 0.785. The molecule has 0 bridgehead atoms. The average molecular weight is 336 g/mol. The molecular formula is C15H14ClN3O4. The number of carbonyl (C=O) groups is 2. The van der Waals surface area contributed by atoms with Crippen LogP contribution < -0.4 is 0 Å².